The van der Waals surface area contributed by atoms with Crippen LogP contribution in [-0.4, -0.2) is 11.0 Å². The van der Waals surface area contributed by atoms with Gasteiger partial charge in [-0.2, -0.15) is 0 Å². The quantitative estimate of drug-likeness (QED) is 0.760. The molecule has 1 rings (SSSR count). The highest BCUT2D eigenvalue weighted by molar-refractivity contribution is 6.29. The first-order valence-corrected chi connectivity index (χ1v) is 5.47. The molecule has 3 heteroatoms. The molecular weight excluding hydrogens is 196 g/mol. The fourth-order valence-electron chi connectivity index (χ4n) is 1.35. The first kappa shape index (κ1) is 11.5. The van der Waals surface area contributed by atoms with E-state index in [0.29, 0.717) is 11.2 Å². The Morgan fingerprint density at radius 3 is 2.57 bits per heavy atom. The second-order valence-electron chi connectivity index (χ2n) is 3.38. The number of halogens is 1. The maximum absolute atomic E-state index is 5.70. The number of nitrogens with one attached hydrogen (secondary N) is 1. The topological polar surface area (TPSA) is 24.9 Å². The Labute approximate surface area is 90.7 Å². The number of hydrogen-bond acceptors (Lipinski definition) is 2. The van der Waals surface area contributed by atoms with Crippen molar-refractivity contribution in [1.29, 1.82) is 0 Å². The van der Waals surface area contributed by atoms with Gasteiger partial charge in [0.25, 0.3) is 0 Å². The molecule has 0 fully saturated rings. The zero-order valence-corrected chi connectivity index (χ0v) is 9.51. The van der Waals surface area contributed by atoms with Crippen LogP contribution in [0.25, 0.3) is 0 Å². The van der Waals surface area contributed by atoms with Crippen LogP contribution in [0.15, 0.2) is 18.3 Å². The van der Waals surface area contributed by atoms with Crippen LogP contribution in [0.4, 0.5) is 0 Å². The van der Waals surface area contributed by atoms with Crippen molar-refractivity contribution in [3.05, 3.63) is 29.0 Å². The zero-order chi connectivity index (χ0) is 10.4. The van der Waals surface area contributed by atoms with E-state index in [0.717, 1.165) is 19.4 Å². The molecule has 0 aliphatic rings. The van der Waals surface area contributed by atoms with E-state index in [1.54, 1.807) is 0 Å². The monoisotopic (exact) mass is 212 g/mol. The summed E-state index contributed by atoms with van der Waals surface area (Å²) in [6.07, 6.45) is 4.15. The Kier molecular flexibility index (Phi) is 4.91. The van der Waals surface area contributed by atoms with Crippen molar-refractivity contribution < 1.29 is 0 Å². The maximum Gasteiger partial charge on any atom is 0.129 e. The molecule has 1 aromatic heterocycles. The Balaban J connectivity index is 2.41. The van der Waals surface area contributed by atoms with Crippen LogP contribution in [0.2, 0.25) is 5.15 Å². The van der Waals surface area contributed by atoms with Gasteiger partial charge in [-0.15, -0.1) is 0 Å². The standard InChI is InChI=1S/C11H17ClN2/c1-3-10(4-2)13-7-9-5-6-11(12)14-8-9/h5-6,8,10,13H,3-4,7H2,1-2H3. The van der Waals surface area contributed by atoms with Crippen molar-refractivity contribution in [2.75, 3.05) is 0 Å². The van der Waals surface area contributed by atoms with Gasteiger partial charge in [-0.1, -0.05) is 31.5 Å². The molecule has 2 nitrogen and oxygen atoms in total. The van der Waals surface area contributed by atoms with Gasteiger partial charge in [0.05, 0.1) is 0 Å². The van der Waals surface area contributed by atoms with E-state index in [1.165, 1.54) is 5.56 Å². The number of rotatable bonds is 5. The smallest absolute Gasteiger partial charge is 0.129 e. The molecule has 0 aliphatic carbocycles. The van der Waals surface area contributed by atoms with Crippen molar-refractivity contribution in [1.82, 2.24) is 10.3 Å². The van der Waals surface area contributed by atoms with Gasteiger partial charge < -0.3 is 5.32 Å². The fraction of sp³-hybridized carbons (Fsp3) is 0.545. The van der Waals surface area contributed by atoms with Crippen LogP contribution < -0.4 is 5.32 Å². The van der Waals surface area contributed by atoms with E-state index < -0.39 is 0 Å². The summed E-state index contributed by atoms with van der Waals surface area (Å²) in [4.78, 5) is 4.03. The Morgan fingerprint density at radius 1 is 1.36 bits per heavy atom. The van der Waals surface area contributed by atoms with Gasteiger partial charge in [-0.05, 0) is 24.5 Å². The van der Waals surface area contributed by atoms with Gasteiger partial charge in [-0.3, -0.25) is 0 Å². The van der Waals surface area contributed by atoms with Crippen molar-refractivity contribution in [3.63, 3.8) is 0 Å². The highest BCUT2D eigenvalue weighted by atomic mass is 35.5. The van der Waals surface area contributed by atoms with E-state index in [1.807, 2.05) is 18.3 Å². The van der Waals surface area contributed by atoms with Gasteiger partial charge in [0.15, 0.2) is 0 Å². The van der Waals surface area contributed by atoms with Crippen molar-refractivity contribution in [2.45, 2.75) is 39.3 Å². The highest BCUT2D eigenvalue weighted by Crippen LogP contribution is 2.06. The second-order valence-corrected chi connectivity index (χ2v) is 3.77. The molecule has 0 bridgehead atoms. The van der Waals surface area contributed by atoms with E-state index in [4.69, 9.17) is 11.6 Å². The SMILES string of the molecule is CCC(CC)NCc1ccc(Cl)nc1. The fourth-order valence-corrected chi connectivity index (χ4v) is 1.46. The third-order valence-electron chi connectivity index (χ3n) is 2.37. The molecule has 1 heterocycles. The van der Waals surface area contributed by atoms with E-state index in [2.05, 4.69) is 24.1 Å². The van der Waals surface area contributed by atoms with Crippen LogP contribution in [-0.2, 0) is 6.54 Å². The molecule has 0 atom stereocenters. The minimum atomic E-state index is 0.552. The largest absolute Gasteiger partial charge is 0.310 e. The minimum Gasteiger partial charge on any atom is -0.310 e. The van der Waals surface area contributed by atoms with Crippen molar-refractivity contribution in [2.24, 2.45) is 0 Å². The number of pyridine rings is 1. The van der Waals surface area contributed by atoms with Crippen molar-refractivity contribution >= 4 is 11.6 Å². The molecule has 0 radical (unpaired) electrons. The summed E-state index contributed by atoms with van der Waals surface area (Å²) in [5, 5.41) is 4.02. The summed E-state index contributed by atoms with van der Waals surface area (Å²) in [5.41, 5.74) is 1.18. The summed E-state index contributed by atoms with van der Waals surface area (Å²) < 4.78 is 0. The molecule has 1 aromatic rings. The Bertz CT molecular complexity index is 254. The third-order valence-corrected chi connectivity index (χ3v) is 2.59. The molecule has 0 aromatic carbocycles. The van der Waals surface area contributed by atoms with Gasteiger partial charge in [0.1, 0.15) is 5.15 Å². The second kappa shape index (κ2) is 5.99. The summed E-state index contributed by atoms with van der Waals surface area (Å²) >= 11 is 5.70. The lowest BCUT2D eigenvalue weighted by atomic mass is 10.1. The Hall–Kier alpha value is -0.600. The average molecular weight is 213 g/mol. The van der Waals surface area contributed by atoms with Crippen molar-refractivity contribution in [3.8, 4) is 0 Å². The van der Waals surface area contributed by atoms with Gasteiger partial charge in [-0.25, -0.2) is 4.98 Å². The number of hydrogen-bond donors (Lipinski definition) is 1. The predicted octanol–water partition coefficient (Wildman–Crippen LogP) is 3.01. The van der Waals surface area contributed by atoms with E-state index in [-0.39, 0.29) is 0 Å². The average Bonchev–Trinajstić information content (AvgIpc) is 2.22. The molecular formula is C11H17ClN2. The zero-order valence-electron chi connectivity index (χ0n) is 8.76. The predicted molar refractivity (Wildman–Crippen MR) is 60.5 cm³/mol. The molecule has 14 heavy (non-hydrogen) atoms. The lowest BCUT2D eigenvalue weighted by Crippen LogP contribution is -2.26. The minimum absolute atomic E-state index is 0.552. The third kappa shape index (κ3) is 3.64. The number of nitrogens with zero attached hydrogens (tertiary/aromatic N) is 1. The highest BCUT2D eigenvalue weighted by Gasteiger charge is 2.01. The van der Waals surface area contributed by atoms with Crippen LogP contribution in [0, 0.1) is 0 Å². The normalized spacial score (nSPS) is 10.9. The molecule has 0 unspecified atom stereocenters. The first-order chi connectivity index (χ1) is 6.76. The molecule has 78 valence electrons. The summed E-state index contributed by atoms with van der Waals surface area (Å²) in [6, 6.07) is 4.43. The lowest BCUT2D eigenvalue weighted by Gasteiger charge is -2.14. The lowest BCUT2D eigenvalue weighted by molar-refractivity contribution is 0.484. The summed E-state index contributed by atoms with van der Waals surface area (Å²) in [7, 11) is 0. The maximum atomic E-state index is 5.70. The number of aromatic nitrogens is 1. The van der Waals surface area contributed by atoms with E-state index >= 15 is 0 Å². The van der Waals surface area contributed by atoms with Crippen LogP contribution in [0.3, 0.4) is 0 Å². The van der Waals surface area contributed by atoms with Gasteiger partial charge in [0, 0.05) is 18.8 Å². The van der Waals surface area contributed by atoms with Crippen LogP contribution in [0.1, 0.15) is 32.3 Å². The van der Waals surface area contributed by atoms with E-state index in [9.17, 15) is 0 Å². The summed E-state index contributed by atoms with van der Waals surface area (Å²) in [5.74, 6) is 0. The molecule has 0 spiro atoms. The first-order valence-electron chi connectivity index (χ1n) is 5.10. The van der Waals surface area contributed by atoms with Gasteiger partial charge >= 0.3 is 0 Å². The molecule has 1 N–H and O–H groups in total. The van der Waals surface area contributed by atoms with Crippen LogP contribution in [0.5, 0.6) is 0 Å². The summed E-state index contributed by atoms with van der Waals surface area (Å²) in [6.45, 7) is 5.26. The van der Waals surface area contributed by atoms with Crippen LogP contribution >= 0.6 is 11.6 Å². The molecule has 0 saturated carbocycles. The molecule has 0 aliphatic heterocycles. The Morgan fingerprint density at radius 2 is 2.07 bits per heavy atom. The van der Waals surface area contributed by atoms with Gasteiger partial charge in [0.2, 0.25) is 0 Å². The molecule has 0 saturated heterocycles. The molecule has 0 amide bonds.